The van der Waals surface area contributed by atoms with Crippen LogP contribution in [-0.4, -0.2) is 34.1 Å². The van der Waals surface area contributed by atoms with Gasteiger partial charge in [0.25, 0.3) is 0 Å². The zero-order valence-electron chi connectivity index (χ0n) is 18.7. The van der Waals surface area contributed by atoms with Crippen LogP contribution in [0.5, 0.6) is 0 Å². The van der Waals surface area contributed by atoms with Crippen molar-refractivity contribution in [2.24, 2.45) is 11.8 Å². The van der Waals surface area contributed by atoms with Crippen LogP contribution in [0.2, 0.25) is 0 Å². The first kappa shape index (κ1) is 22.4. The second-order valence-corrected chi connectivity index (χ2v) is 11.1. The summed E-state index contributed by atoms with van der Waals surface area (Å²) in [6.07, 6.45) is 16.2. The van der Waals surface area contributed by atoms with Crippen LogP contribution in [0.25, 0.3) is 0 Å². The maximum atomic E-state index is 13.0. The SMILES string of the molecule is O=C1C=CC2(O[C@H](C3CCCCC3)[C@@H](C3CCCCC3)O2)C(SC(=O)c2ccccc2)C1. The van der Waals surface area contributed by atoms with Gasteiger partial charge in [0.05, 0.1) is 17.5 Å². The number of rotatable bonds is 4. The van der Waals surface area contributed by atoms with Crippen molar-refractivity contribution in [1.82, 2.24) is 0 Å². The van der Waals surface area contributed by atoms with Gasteiger partial charge in [-0.3, -0.25) is 9.59 Å². The summed E-state index contributed by atoms with van der Waals surface area (Å²) < 4.78 is 13.7. The molecule has 4 aliphatic rings. The number of ketones is 1. The highest BCUT2D eigenvalue weighted by atomic mass is 32.2. The van der Waals surface area contributed by atoms with Crippen LogP contribution in [0.1, 0.15) is 81.0 Å². The molecule has 0 bridgehead atoms. The molecule has 3 atom stereocenters. The van der Waals surface area contributed by atoms with E-state index in [1.165, 1.54) is 76.0 Å². The van der Waals surface area contributed by atoms with Crippen molar-refractivity contribution >= 4 is 22.7 Å². The second-order valence-electron chi connectivity index (χ2n) is 9.95. The molecule has 1 unspecified atom stereocenters. The van der Waals surface area contributed by atoms with Gasteiger partial charge in [-0.15, -0.1) is 0 Å². The fourth-order valence-corrected chi connectivity index (χ4v) is 7.21. The van der Waals surface area contributed by atoms with Crippen molar-refractivity contribution < 1.29 is 19.1 Å². The summed E-state index contributed by atoms with van der Waals surface area (Å²) in [5.41, 5.74) is 0.653. The number of hydrogen-bond donors (Lipinski definition) is 0. The summed E-state index contributed by atoms with van der Waals surface area (Å²) in [6, 6.07) is 9.30. The Labute approximate surface area is 195 Å². The normalized spacial score (nSPS) is 31.2. The van der Waals surface area contributed by atoms with Gasteiger partial charge < -0.3 is 9.47 Å². The van der Waals surface area contributed by atoms with E-state index in [0.717, 1.165) is 0 Å². The van der Waals surface area contributed by atoms with E-state index in [0.29, 0.717) is 17.4 Å². The van der Waals surface area contributed by atoms with E-state index in [-0.39, 0.29) is 34.8 Å². The molecular formula is C27H34O4S. The lowest BCUT2D eigenvalue weighted by atomic mass is 9.77. The van der Waals surface area contributed by atoms with Crippen molar-refractivity contribution in [3.63, 3.8) is 0 Å². The first-order valence-corrected chi connectivity index (χ1v) is 13.4. The molecule has 1 aliphatic heterocycles. The Morgan fingerprint density at radius 3 is 1.97 bits per heavy atom. The van der Waals surface area contributed by atoms with Gasteiger partial charge in [0, 0.05) is 12.0 Å². The standard InChI is InChI=1S/C27H34O4S/c28-22-16-17-27(23(18-22)32-26(29)21-14-8-3-9-15-21)30-24(19-10-4-1-5-11-19)25(31-27)20-12-6-2-7-13-20/h3,8-9,14-17,19-20,23-25H,1-2,4-7,10-13,18H2/t23?,24-,25-/m1/s1. The minimum absolute atomic E-state index is 0.0272. The molecule has 2 saturated carbocycles. The van der Waals surface area contributed by atoms with Crippen LogP contribution in [0.4, 0.5) is 0 Å². The van der Waals surface area contributed by atoms with Crippen LogP contribution in [-0.2, 0) is 14.3 Å². The minimum Gasteiger partial charge on any atom is -0.339 e. The largest absolute Gasteiger partial charge is 0.339 e. The van der Waals surface area contributed by atoms with E-state index in [4.69, 9.17) is 9.47 Å². The highest BCUT2D eigenvalue weighted by molar-refractivity contribution is 8.14. The van der Waals surface area contributed by atoms with E-state index >= 15 is 0 Å². The van der Waals surface area contributed by atoms with E-state index in [1.807, 2.05) is 36.4 Å². The van der Waals surface area contributed by atoms with Crippen LogP contribution in [0.15, 0.2) is 42.5 Å². The molecule has 0 N–H and O–H groups in total. The van der Waals surface area contributed by atoms with Crippen LogP contribution in [0, 0.1) is 11.8 Å². The third-order valence-electron chi connectivity index (χ3n) is 7.79. The summed E-state index contributed by atoms with van der Waals surface area (Å²) in [5.74, 6) is 0.0809. The molecule has 32 heavy (non-hydrogen) atoms. The molecule has 0 amide bonds. The maximum absolute atomic E-state index is 13.0. The van der Waals surface area contributed by atoms with Gasteiger partial charge in [-0.05, 0) is 49.7 Å². The molecule has 1 aromatic rings. The Balaban J connectivity index is 1.42. The van der Waals surface area contributed by atoms with Gasteiger partial charge in [0.1, 0.15) is 0 Å². The smallest absolute Gasteiger partial charge is 0.219 e. The zero-order valence-corrected chi connectivity index (χ0v) is 19.6. The third kappa shape index (κ3) is 4.62. The number of carbonyl (C=O) groups is 2. The summed E-state index contributed by atoms with van der Waals surface area (Å²) in [5, 5.41) is -0.381. The van der Waals surface area contributed by atoms with Gasteiger partial charge in [0.2, 0.25) is 10.9 Å². The maximum Gasteiger partial charge on any atom is 0.219 e. The Hall–Kier alpha value is -1.43. The number of hydrogen-bond acceptors (Lipinski definition) is 5. The fraction of sp³-hybridized carbons (Fsp3) is 0.630. The second kappa shape index (κ2) is 9.82. The van der Waals surface area contributed by atoms with Gasteiger partial charge in [-0.1, -0.05) is 80.6 Å². The number of carbonyl (C=O) groups excluding carboxylic acids is 2. The van der Waals surface area contributed by atoms with Crippen molar-refractivity contribution in [3.05, 3.63) is 48.0 Å². The lowest BCUT2D eigenvalue weighted by molar-refractivity contribution is -0.153. The first-order valence-electron chi connectivity index (χ1n) is 12.5. The summed E-state index contributed by atoms with van der Waals surface area (Å²) in [4.78, 5) is 25.4. The van der Waals surface area contributed by atoms with Gasteiger partial charge in [0.15, 0.2) is 5.78 Å². The molecule has 3 fully saturated rings. The minimum atomic E-state index is -0.979. The van der Waals surface area contributed by atoms with Gasteiger partial charge in [-0.25, -0.2) is 0 Å². The molecule has 1 spiro atoms. The average Bonchev–Trinajstić information content (AvgIpc) is 3.24. The molecule has 5 heteroatoms. The average molecular weight is 455 g/mol. The van der Waals surface area contributed by atoms with E-state index in [2.05, 4.69) is 0 Å². The Bertz CT molecular complexity index is 812. The Morgan fingerprint density at radius 2 is 1.41 bits per heavy atom. The van der Waals surface area contributed by atoms with Gasteiger partial charge in [-0.2, -0.15) is 0 Å². The summed E-state index contributed by atoms with van der Waals surface area (Å²) in [7, 11) is 0. The van der Waals surface area contributed by atoms with Crippen LogP contribution >= 0.6 is 11.8 Å². The van der Waals surface area contributed by atoms with E-state index < -0.39 is 5.79 Å². The lowest BCUT2D eigenvalue weighted by Gasteiger charge is -2.35. The molecular weight excluding hydrogens is 420 g/mol. The predicted molar refractivity (Wildman–Crippen MR) is 127 cm³/mol. The van der Waals surface area contributed by atoms with E-state index in [1.54, 1.807) is 6.08 Å². The van der Waals surface area contributed by atoms with E-state index in [9.17, 15) is 9.59 Å². The molecule has 1 heterocycles. The van der Waals surface area contributed by atoms with Crippen molar-refractivity contribution in [2.75, 3.05) is 0 Å². The third-order valence-corrected chi connectivity index (χ3v) is 9.02. The Kier molecular flexibility index (Phi) is 6.87. The fourth-order valence-electron chi connectivity index (χ4n) is 6.08. The highest BCUT2D eigenvalue weighted by Crippen LogP contribution is 2.49. The van der Waals surface area contributed by atoms with Crippen molar-refractivity contribution in [3.8, 4) is 0 Å². The lowest BCUT2D eigenvalue weighted by Crippen LogP contribution is -2.45. The topological polar surface area (TPSA) is 52.6 Å². The molecule has 0 aromatic heterocycles. The molecule has 172 valence electrons. The van der Waals surface area contributed by atoms with Crippen molar-refractivity contribution in [1.29, 1.82) is 0 Å². The number of allylic oxidation sites excluding steroid dienone is 1. The quantitative estimate of drug-likeness (QED) is 0.550. The van der Waals surface area contributed by atoms with Crippen LogP contribution < -0.4 is 0 Å². The molecule has 5 rings (SSSR count). The molecule has 4 nitrogen and oxygen atoms in total. The summed E-state index contributed by atoms with van der Waals surface area (Å²) >= 11 is 1.21. The first-order chi connectivity index (χ1) is 15.6. The highest BCUT2D eigenvalue weighted by Gasteiger charge is 2.56. The zero-order chi connectivity index (χ0) is 22.0. The molecule has 3 aliphatic carbocycles. The Morgan fingerprint density at radius 1 is 0.844 bits per heavy atom. The number of benzene rings is 1. The summed E-state index contributed by atoms with van der Waals surface area (Å²) in [6.45, 7) is 0. The predicted octanol–water partition coefficient (Wildman–Crippen LogP) is 6.10. The molecule has 0 radical (unpaired) electrons. The number of ether oxygens (including phenoxy) is 2. The number of thioether (sulfide) groups is 1. The van der Waals surface area contributed by atoms with Crippen LogP contribution in [0.3, 0.4) is 0 Å². The van der Waals surface area contributed by atoms with Crippen molar-refractivity contribution in [2.45, 2.75) is 93.9 Å². The molecule has 1 saturated heterocycles. The monoisotopic (exact) mass is 454 g/mol. The molecule has 1 aromatic carbocycles. The van der Waals surface area contributed by atoms with Gasteiger partial charge >= 0.3 is 0 Å².